The van der Waals surface area contributed by atoms with Crippen LogP contribution in [0.4, 0.5) is 5.69 Å². The van der Waals surface area contributed by atoms with Crippen molar-refractivity contribution >= 4 is 17.3 Å². The molecule has 0 spiro atoms. The van der Waals surface area contributed by atoms with E-state index in [2.05, 4.69) is 15.1 Å². The predicted octanol–water partition coefficient (Wildman–Crippen LogP) is 0.770. The van der Waals surface area contributed by atoms with E-state index in [9.17, 15) is 0 Å². The summed E-state index contributed by atoms with van der Waals surface area (Å²) in [6.07, 6.45) is 2.82. The van der Waals surface area contributed by atoms with Gasteiger partial charge in [-0.25, -0.2) is 9.97 Å². The summed E-state index contributed by atoms with van der Waals surface area (Å²) in [5.74, 6) is 0.449. The first-order valence-corrected chi connectivity index (χ1v) is 4.31. The van der Waals surface area contributed by atoms with Crippen LogP contribution in [0.3, 0.4) is 0 Å². The van der Waals surface area contributed by atoms with Gasteiger partial charge in [0.2, 0.25) is 0 Å². The fourth-order valence-electron chi connectivity index (χ4n) is 1.03. The van der Waals surface area contributed by atoms with Crippen molar-refractivity contribution in [2.75, 3.05) is 5.73 Å². The molecule has 74 valence electrons. The third-order valence-electron chi connectivity index (χ3n) is 1.65. The molecule has 2 heterocycles. The molecule has 0 unspecified atom stereocenters. The predicted molar refractivity (Wildman–Crippen MR) is 53.3 cm³/mol. The van der Waals surface area contributed by atoms with Crippen LogP contribution in [0.25, 0.3) is 5.82 Å². The van der Waals surface area contributed by atoms with Crippen LogP contribution < -0.4 is 5.73 Å². The Labute approximate surface area is 89.9 Å². The standard InChI is InChI=1S/C8H5ClN6/c9-6-1-5(11)3-12-8(6)15-4-13-7(2-10)14-15/h1,3-4H,11H2. The number of aromatic nitrogens is 4. The zero-order chi connectivity index (χ0) is 10.8. The maximum atomic E-state index is 8.55. The molecular weight excluding hydrogens is 216 g/mol. The van der Waals surface area contributed by atoms with Crippen LogP contribution in [0.15, 0.2) is 18.6 Å². The lowest BCUT2D eigenvalue weighted by molar-refractivity contribution is 0.841. The number of pyridine rings is 1. The maximum Gasteiger partial charge on any atom is 0.252 e. The van der Waals surface area contributed by atoms with Crippen LogP contribution in [0.1, 0.15) is 5.82 Å². The molecule has 0 aliphatic rings. The summed E-state index contributed by atoms with van der Waals surface area (Å²) in [6.45, 7) is 0. The Hall–Kier alpha value is -2.13. The van der Waals surface area contributed by atoms with Gasteiger partial charge in [-0.15, -0.1) is 5.10 Å². The summed E-state index contributed by atoms with van der Waals surface area (Å²) in [5, 5.41) is 12.7. The largest absolute Gasteiger partial charge is 0.397 e. The van der Waals surface area contributed by atoms with Crippen molar-refractivity contribution in [3.05, 3.63) is 29.4 Å². The summed E-state index contributed by atoms with van der Waals surface area (Å²) in [7, 11) is 0. The number of halogens is 1. The van der Waals surface area contributed by atoms with Crippen molar-refractivity contribution in [2.45, 2.75) is 0 Å². The molecule has 0 saturated carbocycles. The minimum absolute atomic E-state index is 0.0599. The quantitative estimate of drug-likeness (QED) is 0.766. The molecule has 0 amide bonds. The van der Waals surface area contributed by atoms with Gasteiger partial charge < -0.3 is 5.73 Å². The van der Waals surface area contributed by atoms with Crippen LogP contribution in [0.2, 0.25) is 5.02 Å². The average molecular weight is 221 g/mol. The van der Waals surface area contributed by atoms with Gasteiger partial charge in [-0.1, -0.05) is 11.6 Å². The monoisotopic (exact) mass is 220 g/mol. The molecule has 6 nitrogen and oxygen atoms in total. The number of nitriles is 1. The molecule has 0 saturated heterocycles. The smallest absolute Gasteiger partial charge is 0.252 e. The van der Waals surface area contributed by atoms with Crippen LogP contribution in [-0.4, -0.2) is 19.7 Å². The first-order valence-electron chi connectivity index (χ1n) is 3.94. The fraction of sp³-hybridized carbons (Fsp3) is 0. The van der Waals surface area contributed by atoms with Crippen molar-refractivity contribution < 1.29 is 0 Å². The molecule has 0 bridgehead atoms. The van der Waals surface area contributed by atoms with Crippen molar-refractivity contribution in [2.24, 2.45) is 0 Å². The molecule has 2 aromatic rings. The van der Waals surface area contributed by atoms with Crippen molar-refractivity contribution in [3.8, 4) is 11.9 Å². The number of hydrogen-bond donors (Lipinski definition) is 1. The molecule has 0 aliphatic heterocycles. The second-order valence-electron chi connectivity index (χ2n) is 2.70. The van der Waals surface area contributed by atoms with E-state index in [1.807, 2.05) is 6.07 Å². The van der Waals surface area contributed by atoms with Gasteiger partial charge in [-0.2, -0.15) is 9.94 Å². The van der Waals surface area contributed by atoms with Crippen LogP contribution in [-0.2, 0) is 0 Å². The first kappa shape index (κ1) is 9.43. The number of anilines is 1. The number of rotatable bonds is 1. The van der Waals surface area contributed by atoms with Gasteiger partial charge >= 0.3 is 0 Å². The highest BCUT2D eigenvalue weighted by atomic mass is 35.5. The van der Waals surface area contributed by atoms with E-state index in [-0.39, 0.29) is 5.82 Å². The molecule has 7 heteroatoms. The van der Waals surface area contributed by atoms with Gasteiger partial charge in [0.05, 0.1) is 16.9 Å². The SMILES string of the molecule is N#Cc1ncn(-c2ncc(N)cc2Cl)n1. The molecule has 0 atom stereocenters. The Balaban J connectivity index is 2.50. The highest BCUT2D eigenvalue weighted by molar-refractivity contribution is 6.32. The van der Waals surface area contributed by atoms with E-state index in [0.717, 1.165) is 0 Å². The Bertz CT molecular complexity index is 540. The number of nitrogens with zero attached hydrogens (tertiary/aromatic N) is 5. The number of hydrogen-bond acceptors (Lipinski definition) is 5. The van der Waals surface area contributed by atoms with E-state index < -0.39 is 0 Å². The van der Waals surface area contributed by atoms with E-state index in [1.54, 1.807) is 6.07 Å². The van der Waals surface area contributed by atoms with Crippen LogP contribution in [0, 0.1) is 11.3 Å². The topological polar surface area (TPSA) is 93.4 Å². The van der Waals surface area contributed by atoms with Gasteiger partial charge in [0.1, 0.15) is 12.4 Å². The summed E-state index contributed by atoms with van der Waals surface area (Å²) in [4.78, 5) is 7.73. The van der Waals surface area contributed by atoms with Crippen molar-refractivity contribution in [1.82, 2.24) is 19.7 Å². The zero-order valence-corrected chi connectivity index (χ0v) is 8.18. The van der Waals surface area contributed by atoms with E-state index in [1.165, 1.54) is 17.2 Å². The van der Waals surface area contributed by atoms with Gasteiger partial charge in [0.15, 0.2) is 5.82 Å². The Morgan fingerprint density at radius 3 is 2.87 bits per heavy atom. The van der Waals surface area contributed by atoms with E-state index in [4.69, 9.17) is 22.6 Å². The maximum absolute atomic E-state index is 8.55. The molecule has 2 aromatic heterocycles. The Morgan fingerprint density at radius 1 is 1.47 bits per heavy atom. The van der Waals surface area contributed by atoms with Crippen molar-refractivity contribution in [1.29, 1.82) is 5.26 Å². The lowest BCUT2D eigenvalue weighted by Gasteiger charge is -2.01. The molecule has 15 heavy (non-hydrogen) atoms. The summed E-state index contributed by atoms with van der Waals surface area (Å²) in [5.41, 5.74) is 5.95. The number of nitrogen functional groups attached to an aromatic ring is 1. The molecule has 0 radical (unpaired) electrons. The molecule has 2 rings (SSSR count). The molecule has 2 N–H and O–H groups in total. The second-order valence-corrected chi connectivity index (χ2v) is 3.11. The van der Waals surface area contributed by atoms with Crippen LogP contribution >= 0.6 is 11.6 Å². The second kappa shape index (κ2) is 3.55. The minimum Gasteiger partial charge on any atom is -0.397 e. The normalized spacial score (nSPS) is 9.87. The summed E-state index contributed by atoms with van der Waals surface area (Å²) in [6, 6.07) is 3.36. The summed E-state index contributed by atoms with van der Waals surface area (Å²) >= 11 is 5.90. The lowest BCUT2D eigenvalue weighted by atomic mass is 10.4. The third kappa shape index (κ3) is 1.73. The minimum atomic E-state index is 0.0599. The fourth-order valence-corrected chi connectivity index (χ4v) is 1.29. The van der Waals surface area contributed by atoms with Gasteiger partial charge in [-0.05, 0) is 6.07 Å². The number of nitrogens with two attached hydrogens (primary N) is 1. The van der Waals surface area contributed by atoms with Gasteiger partial charge in [0, 0.05) is 0 Å². The molecule has 0 fully saturated rings. The lowest BCUT2D eigenvalue weighted by Crippen LogP contribution is -2.00. The van der Waals surface area contributed by atoms with Crippen LogP contribution in [0.5, 0.6) is 0 Å². The molecule has 0 aromatic carbocycles. The van der Waals surface area contributed by atoms with E-state index in [0.29, 0.717) is 16.5 Å². The van der Waals surface area contributed by atoms with Gasteiger partial charge in [-0.3, -0.25) is 0 Å². The van der Waals surface area contributed by atoms with E-state index >= 15 is 0 Å². The van der Waals surface area contributed by atoms with Gasteiger partial charge in [0.25, 0.3) is 5.82 Å². The Morgan fingerprint density at radius 2 is 2.27 bits per heavy atom. The highest BCUT2D eigenvalue weighted by Gasteiger charge is 2.07. The average Bonchev–Trinajstić information content (AvgIpc) is 2.66. The Kier molecular flexibility index (Phi) is 2.23. The van der Waals surface area contributed by atoms with Crippen molar-refractivity contribution in [3.63, 3.8) is 0 Å². The summed E-state index contributed by atoms with van der Waals surface area (Å²) < 4.78 is 1.32. The molecule has 0 aliphatic carbocycles. The molecular formula is C8H5ClN6. The highest BCUT2D eigenvalue weighted by Crippen LogP contribution is 2.19. The zero-order valence-electron chi connectivity index (χ0n) is 7.42. The first-order chi connectivity index (χ1) is 7.20. The third-order valence-corrected chi connectivity index (χ3v) is 1.93.